The quantitative estimate of drug-likeness (QED) is 0.758. The fourth-order valence-electron chi connectivity index (χ4n) is 2.10. The van der Waals surface area contributed by atoms with Crippen molar-refractivity contribution in [1.29, 1.82) is 0 Å². The third kappa shape index (κ3) is 3.90. The lowest BCUT2D eigenvalue weighted by Gasteiger charge is -2.19. The third-order valence-electron chi connectivity index (χ3n) is 3.38. The Morgan fingerprint density at radius 2 is 2.28 bits per heavy atom. The largest absolute Gasteiger partial charge is 0.490 e. The molecule has 2 rings (SSSR count). The van der Waals surface area contributed by atoms with E-state index in [1.165, 1.54) is 19.3 Å². The molecule has 3 heteroatoms. The molecule has 0 aliphatic heterocycles. The molecule has 0 saturated heterocycles. The molecule has 18 heavy (non-hydrogen) atoms. The van der Waals surface area contributed by atoms with Crippen LogP contribution in [0.5, 0.6) is 5.75 Å². The van der Waals surface area contributed by atoms with Crippen LogP contribution in [0.25, 0.3) is 0 Å². The Labute approximate surface area is 110 Å². The summed E-state index contributed by atoms with van der Waals surface area (Å²) in [6.07, 6.45) is 8.05. The molecule has 1 N–H and O–H groups in total. The van der Waals surface area contributed by atoms with Gasteiger partial charge in [-0.3, -0.25) is 0 Å². The molecule has 1 aliphatic carbocycles. The van der Waals surface area contributed by atoms with Gasteiger partial charge in [0, 0.05) is 12.2 Å². The van der Waals surface area contributed by atoms with Gasteiger partial charge in [-0.25, -0.2) is 4.98 Å². The van der Waals surface area contributed by atoms with Crippen molar-refractivity contribution in [2.75, 3.05) is 11.9 Å². The van der Waals surface area contributed by atoms with Crippen molar-refractivity contribution in [1.82, 2.24) is 4.98 Å². The minimum Gasteiger partial charge on any atom is -0.490 e. The van der Waals surface area contributed by atoms with Gasteiger partial charge in [0.1, 0.15) is 0 Å². The number of nitrogens with one attached hydrogen (secondary N) is 1. The van der Waals surface area contributed by atoms with E-state index in [-0.39, 0.29) is 0 Å². The monoisotopic (exact) mass is 248 g/mol. The van der Waals surface area contributed by atoms with Crippen LogP contribution >= 0.6 is 0 Å². The van der Waals surface area contributed by atoms with Crippen LogP contribution in [-0.2, 0) is 0 Å². The van der Waals surface area contributed by atoms with Gasteiger partial charge in [0.25, 0.3) is 0 Å². The molecule has 0 amide bonds. The van der Waals surface area contributed by atoms with Crippen LogP contribution in [0.15, 0.2) is 18.3 Å². The van der Waals surface area contributed by atoms with Crippen LogP contribution in [0.4, 0.5) is 5.82 Å². The summed E-state index contributed by atoms with van der Waals surface area (Å²) in [6.45, 7) is 5.10. The van der Waals surface area contributed by atoms with Gasteiger partial charge in [0.2, 0.25) is 0 Å². The van der Waals surface area contributed by atoms with Crippen LogP contribution < -0.4 is 10.1 Å². The molecule has 0 spiro atoms. The van der Waals surface area contributed by atoms with Crippen molar-refractivity contribution < 1.29 is 4.74 Å². The van der Waals surface area contributed by atoms with Crippen LogP contribution in [0.2, 0.25) is 0 Å². The van der Waals surface area contributed by atoms with E-state index in [2.05, 4.69) is 24.1 Å². The number of aromatic nitrogens is 1. The SMILES string of the molecule is CCCOc1cccnc1NC(CC)CC1CC1. The number of nitrogens with zero attached hydrogens (tertiary/aromatic N) is 1. The van der Waals surface area contributed by atoms with E-state index in [4.69, 9.17) is 4.74 Å². The molecule has 1 saturated carbocycles. The normalized spacial score (nSPS) is 16.3. The van der Waals surface area contributed by atoms with Gasteiger partial charge in [-0.15, -0.1) is 0 Å². The number of pyridine rings is 1. The highest BCUT2D eigenvalue weighted by atomic mass is 16.5. The van der Waals surface area contributed by atoms with Crippen LogP contribution in [0.3, 0.4) is 0 Å². The van der Waals surface area contributed by atoms with Crippen LogP contribution in [0, 0.1) is 5.92 Å². The standard InChI is InChI=1S/C15H24N2O/c1-3-10-18-14-6-5-9-16-15(14)17-13(4-2)11-12-7-8-12/h5-6,9,12-13H,3-4,7-8,10-11H2,1-2H3,(H,16,17). The number of hydrogen-bond acceptors (Lipinski definition) is 3. The number of rotatable bonds is 8. The zero-order chi connectivity index (χ0) is 12.8. The van der Waals surface area contributed by atoms with Crippen molar-refractivity contribution in [3.8, 4) is 5.75 Å². The van der Waals surface area contributed by atoms with Crippen molar-refractivity contribution in [3.63, 3.8) is 0 Å². The summed E-state index contributed by atoms with van der Waals surface area (Å²) < 4.78 is 5.73. The van der Waals surface area contributed by atoms with Crippen LogP contribution in [-0.4, -0.2) is 17.6 Å². The molecular weight excluding hydrogens is 224 g/mol. The van der Waals surface area contributed by atoms with E-state index in [1.807, 2.05) is 18.3 Å². The summed E-state index contributed by atoms with van der Waals surface area (Å²) in [7, 11) is 0. The second-order valence-corrected chi connectivity index (χ2v) is 5.13. The first-order valence-corrected chi connectivity index (χ1v) is 7.17. The van der Waals surface area contributed by atoms with Crippen LogP contribution in [0.1, 0.15) is 46.0 Å². The topological polar surface area (TPSA) is 34.1 Å². The van der Waals surface area contributed by atoms with E-state index in [0.717, 1.165) is 36.9 Å². The Hall–Kier alpha value is -1.25. The third-order valence-corrected chi connectivity index (χ3v) is 3.38. The highest BCUT2D eigenvalue weighted by Crippen LogP contribution is 2.35. The summed E-state index contributed by atoms with van der Waals surface area (Å²) in [6, 6.07) is 4.45. The lowest BCUT2D eigenvalue weighted by molar-refractivity contribution is 0.317. The first-order valence-electron chi connectivity index (χ1n) is 7.17. The zero-order valence-electron chi connectivity index (χ0n) is 11.5. The second-order valence-electron chi connectivity index (χ2n) is 5.13. The lowest BCUT2D eigenvalue weighted by atomic mass is 10.1. The number of ether oxygens (including phenoxy) is 1. The van der Waals surface area contributed by atoms with Crippen molar-refractivity contribution in [2.45, 2.75) is 52.0 Å². The van der Waals surface area contributed by atoms with Gasteiger partial charge in [-0.05, 0) is 37.3 Å². The van der Waals surface area contributed by atoms with E-state index >= 15 is 0 Å². The summed E-state index contributed by atoms with van der Waals surface area (Å²) in [4.78, 5) is 4.41. The van der Waals surface area contributed by atoms with E-state index in [0.29, 0.717) is 6.04 Å². The molecule has 1 fully saturated rings. The van der Waals surface area contributed by atoms with Gasteiger partial charge in [-0.2, -0.15) is 0 Å². The van der Waals surface area contributed by atoms with E-state index in [1.54, 1.807) is 0 Å². The summed E-state index contributed by atoms with van der Waals surface area (Å²) >= 11 is 0. The molecule has 100 valence electrons. The predicted octanol–water partition coefficient (Wildman–Crippen LogP) is 3.86. The molecule has 1 atom stereocenters. The maximum absolute atomic E-state index is 5.73. The Kier molecular flexibility index (Phi) is 4.85. The summed E-state index contributed by atoms with van der Waals surface area (Å²) in [5, 5.41) is 3.54. The van der Waals surface area contributed by atoms with Gasteiger partial charge in [0.15, 0.2) is 11.6 Å². The lowest BCUT2D eigenvalue weighted by Crippen LogP contribution is -2.20. The Balaban J connectivity index is 1.96. The molecule has 1 aromatic rings. The average Bonchev–Trinajstić information content (AvgIpc) is 3.21. The van der Waals surface area contributed by atoms with E-state index < -0.39 is 0 Å². The molecule has 1 aliphatic rings. The summed E-state index contributed by atoms with van der Waals surface area (Å²) in [5.74, 6) is 2.72. The molecule has 1 heterocycles. The summed E-state index contributed by atoms with van der Waals surface area (Å²) in [5.41, 5.74) is 0. The molecule has 0 aromatic carbocycles. The molecule has 3 nitrogen and oxygen atoms in total. The Bertz CT molecular complexity index is 363. The fourth-order valence-corrected chi connectivity index (χ4v) is 2.10. The highest BCUT2D eigenvalue weighted by molar-refractivity contribution is 5.50. The minimum atomic E-state index is 0.524. The van der Waals surface area contributed by atoms with Gasteiger partial charge in [0.05, 0.1) is 6.61 Å². The van der Waals surface area contributed by atoms with E-state index in [9.17, 15) is 0 Å². The minimum absolute atomic E-state index is 0.524. The average molecular weight is 248 g/mol. The predicted molar refractivity (Wildman–Crippen MR) is 75.1 cm³/mol. The second kappa shape index (κ2) is 6.62. The zero-order valence-corrected chi connectivity index (χ0v) is 11.5. The fraction of sp³-hybridized carbons (Fsp3) is 0.667. The maximum atomic E-state index is 5.73. The molecule has 1 unspecified atom stereocenters. The molecule has 0 radical (unpaired) electrons. The Morgan fingerprint density at radius 1 is 1.44 bits per heavy atom. The number of hydrogen-bond donors (Lipinski definition) is 1. The number of anilines is 1. The van der Waals surface area contributed by atoms with Crippen molar-refractivity contribution in [2.24, 2.45) is 5.92 Å². The van der Waals surface area contributed by atoms with Gasteiger partial charge >= 0.3 is 0 Å². The first kappa shape index (κ1) is 13.2. The Morgan fingerprint density at radius 3 is 2.94 bits per heavy atom. The van der Waals surface area contributed by atoms with Crippen molar-refractivity contribution in [3.05, 3.63) is 18.3 Å². The first-order chi connectivity index (χ1) is 8.83. The van der Waals surface area contributed by atoms with Crippen molar-refractivity contribution >= 4 is 5.82 Å². The van der Waals surface area contributed by atoms with Gasteiger partial charge < -0.3 is 10.1 Å². The molecule has 1 aromatic heterocycles. The van der Waals surface area contributed by atoms with Gasteiger partial charge in [-0.1, -0.05) is 26.7 Å². The maximum Gasteiger partial charge on any atom is 0.168 e. The highest BCUT2D eigenvalue weighted by Gasteiger charge is 2.25. The smallest absolute Gasteiger partial charge is 0.168 e. The molecular formula is C15H24N2O. The molecule has 0 bridgehead atoms.